The number of pyridine rings is 2. The molecule has 0 aliphatic heterocycles. The number of urea groups is 2. The second-order valence-electron chi connectivity index (χ2n) is 15.5. The van der Waals surface area contributed by atoms with Gasteiger partial charge in [0.2, 0.25) is 11.9 Å². The van der Waals surface area contributed by atoms with Gasteiger partial charge in [0.25, 0.3) is 0 Å². The molecular weight excluding hydrogens is 979 g/mol. The number of rotatable bonds is 13. The molecule has 0 saturated carbocycles. The highest BCUT2D eigenvalue weighted by Gasteiger charge is 2.32. The zero-order chi connectivity index (χ0) is 51.4. The zero-order valence-corrected chi connectivity index (χ0v) is 37.4. The molecule has 0 radical (unpaired) electrons. The lowest BCUT2D eigenvalue weighted by Crippen LogP contribution is -2.21. The Labute approximate surface area is 412 Å². The van der Waals surface area contributed by atoms with Gasteiger partial charge in [-0.05, 0) is 115 Å². The molecule has 0 aliphatic rings. The van der Waals surface area contributed by atoms with Crippen molar-refractivity contribution in [3.05, 3.63) is 171 Å². The van der Waals surface area contributed by atoms with Gasteiger partial charge in [-0.15, -0.1) is 36.5 Å². The molecule has 4 amide bonds. The normalized spacial score (nSPS) is 11.5. The average molecular weight is 1010 g/mol. The van der Waals surface area contributed by atoms with E-state index in [9.17, 15) is 35.9 Å². The van der Waals surface area contributed by atoms with Gasteiger partial charge in [-0.1, -0.05) is 0 Å². The Morgan fingerprint density at radius 3 is 1.51 bits per heavy atom. The smallest absolute Gasteiger partial charge is 0.406 e. The van der Waals surface area contributed by atoms with Crippen LogP contribution in [-0.4, -0.2) is 83.4 Å². The number of carbonyl (C=O) groups is 2. The standard InChI is InChI=1S/C48H32F6N16O4/c49-47(50,51)73-38-13-9-35(10-14-38)69-27-58-41(65-69)29-1-5-32(6-2-29)60-45(71)63-43-57-21-22-67(43)37-23-31(24-56-25-37)40-26-68(34-17-19-55-20-18-34)44(62-40)64-46(72)61-33-7-3-30(4-8-33)42-59-28-70(66-42)36-11-15-39(16-12-36)74-48(52,53)54/h1-28H,(H2,57,60,63,71)(H2,61,62,64,72). The van der Waals surface area contributed by atoms with E-state index in [1.165, 1.54) is 76.7 Å². The summed E-state index contributed by atoms with van der Waals surface area (Å²) in [5.74, 6) is 0.245. The highest BCUT2D eigenvalue weighted by Crippen LogP contribution is 2.29. The predicted molar refractivity (Wildman–Crippen MR) is 254 cm³/mol. The molecule has 4 aromatic carbocycles. The molecule has 4 N–H and O–H groups in total. The van der Waals surface area contributed by atoms with Crippen LogP contribution in [-0.2, 0) is 0 Å². The van der Waals surface area contributed by atoms with Gasteiger partial charge in [-0.2, -0.15) is 0 Å². The molecule has 0 fully saturated rings. The maximum atomic E-state index is 13.5. The van der Waals surface area contributed by atoms with E-state index in [1.54, 1.807) is 113 Å². The molecule has 0 saturated heterocycles. The number of hydrogen-bond acceptors (Lipinski definition) is 12. The van der Waals surface area contributed by atoms with Gasteiger partial charge < -0.3 is 20.1 Å². The maximum Gasteiger partial charge on any atom is 0.573 e. The van der Waals surface area contributed by atoms with Crippen molar-refractivity contribution in [2.24, 2.45) is 0 Å². The predicted octanol–water partition coefficient (Wildman–Crippen LogP) is 10.1. The number of alkyl halides is 6. The first kappa shape index (κ1) is 47.3. The van der Waals surface area contributed by atoms with Crippen LogP contribution in [0.3, 0.4) is 0 Å². The molecular formula is C48H32F6N16O4. The van der Waals surface area contributed by atoms with E-state index in [0.717, 1.165) is 0 Å². The molecule has 6 aromatic heterocycles. The van der Waals surface area contributed by atoms with Crippen LogP contribution in [0.25, 0.3) is 56.8 Å². The summed E-state index contributed by atoms with van der Waals surface area (Å²) >= 11 is 0. The monoisotopic (exact) mass is 1010 g/mol. The van der Waals surface area contributed by atoms with Crippen LogP contribution in [0.5, 0.6) is 11.5 Å². The minimum Gasteiger partial charge on any atom is -0.406 e. The SMILES string of the molecule is O=C(Nc1ccc(-c2ncn(-c3ccc(OC(F)(F)F)cc3)n2)cc1)Nc1nccn1-c1cncc(-c2cn(-c3ccncc3)c(NC(=O)Nc3ccc(-c4ncn(-c5ccc(OC(F)(F)F)cc5)n4)cc3)n2)c1. The van der Waals surface area contributed by atoms with Crippen molar-refractivity contribution in [3.8, 4) is 68.3 Å². The highest BCUT2D eigenvalue weighted by atomic mass is 19.4. The van der Waals surface area contributed by atoms with Crippen molar-refractivity contribution < 1.29 is 45.4 Å². The molecule has 26 heteroatoms. The lowest BCUT2D eigenvalue weighted by atomic mass is 10.2. The van der Waals surface area contributed by atoms with Crippen molar-refractivity contribution >= 4 is 35.3 Å². The van der Waals surface area contributed by atoms with Crippen LogP contribution in [0.15, 0.2) is 171 Å². The van der Waals surface area contributed by atoms with Crippen molar-refractivity contribution in [2.75, 3.05) is 21.3 Å². The first-order chi connectivity index (χ1) is 35.6. The van der Waals surface area contributed by atoms with Crippen molar-refractivity contribution in [1.29, 1.82) is 0 Å². The Kier molecular flexibility index (Phi) is 12.6. The lowest BCUT2D eigenvalue weighted by molar-refractivity contribution is -0.275. The van der Waals surface area contributed by atoms with Gasteiger partial charge >= 0.3 is 24.8 Å². The largest absolute Gasteiger partial charge is 0.573 e. The van der Waals surface area contributed by atoms with Crippen molar-refractivity contribution in [3.63, 3.8) is 0 Å². The van der Waals surface area contributed by atoms with Crippen LogP contribution >= 0.6 is 0 Å². The summed E-state index contributed by atoms with van der Waals surface area (Å²) in [5.41, 5.74) is 5.12. The summed E-state index contributed by atoms with van der Waals surface area (Å²) in [4.78, 5) is 52.8. The fourth-order valence-corrected chi connectivity index (χ4v) is 7.19. The number of hydrogen-bond donors (Lipinski definition) is 4. The van der Waals surface area contributed by atoms with E-state index >= 15 is 0 Å². The van der Waals surface area contributed by atoms with E-state index in [-0.39, 0.29) is 23.4 Å². The number of ether oxygens (including phenoxy) is 2. The molecule has 10 rings (SSSR count). The third kappa shape index (κ3) is 11.3. The third-order valence-corrected chi connectivity index (χ3v) is 10.5. The first-order valence-corrected chi connectivity index (χ1v) is 21.6. The van der Waals surface area contributed by atoms with Crippen LogP contribution in [0, 0.1) is 0 Å². The van der Waals surface area contributed by atoms with Crippen molar-refractivity contribution in [2.45, 2.75) is 12.7 Å². The second kappa shape index (κ2) is 19.8. The number of benzene rings is 4. The second-order valence-corrected chi connectivity index (χ2v) is 15.5. The highest BCUT2D eigenvalue weighted by molar-refractivity contribution is 6.00. The van der Waals surface area contributed by atoms with Crippen LogP contribution < -0.4 is 30.7 Å². The molecule has 74 heavy (non-hydrogen) atoms. The summed E-state index contributed by atoms with van der Waals surface area (Å²) in [5, 5.41) is 19.9. The average Bonchev–Trinajstić information content (AvgIpc) is 4.23. The molecule has 370 valence electrons. The van der Waals surface area contributed by atoms with Gasteiger partial charge in [0.05, 0.1) is 34.6 Å². The van der Waals surface area contributed by atoms with Crippen LogP contribution in [0.1, 0.15) is 0 Å². The molecule has 20 nitrogen and oxygen atoms in total. The van der Waals surface area contributed by atoms with Gasteiger partial charge in [-0.3, -0.25) is 29.7 Å². The van der Waals surface area contributed by atoms with E-state index in [2.05, 4.69) is 65.9 Å². The molecule has 0 bridgehead atoms. The fourth-order valence-electron chi connectivity index (χ4n) is 7.19. The number of halogens is 6. The number of amides is 4. The summed E-state index contributed by atoms with van der Waals surface area (Å²) in [6.07, 6.45) is 4.38. The zero-order valence-electron chi connectivity index (χ0n) is 37.4. The molecule has 6 heterocycles. The van der Waals surface area contributed by atoms with Gasteiger partial charge in [-0.25, -0.2) is 38.9 Å². The number of anilines is 4. The minimum absolute atomic E-state index is 0.159. The van der Waals surface area contributed by atoms with E-state index in [1.807, 2.05) is 0 Å². The Bertz CT molecular complexity index is 3580. The number of nitrogens with zero attached hydrogens (tertiary/aromatic N) is 12. The number of carbonyl (C=O) groups excluding carboxylic acids is 2. The summed E-state index contributed by atoms with van der Waals surface area (Å²) in [6.45, 7) is 0. The molecule has 10 aromatic rings. The maximum absolute atomic E-state index is 13.5. The number of aromatic nitrogens is 12. The van der Waals surface area contributed by atoms with Gasteiger partial charge in [0.1, 0.15) is 24.2 Å². The van der Waals surface area contributed by atoms with E-state index in [0.29, 0.717) is 68.2 Å². The van der Waals surface area contributed by atoms with E-state index < -0.39 is 24.8 Å². The Morgan fingerprint density at radius 1 is 0.486 bits per heavy atom. The first-order valence-electron chi connectivity index (χ1n) is 21.6. The molecule has 0 spiro atoms. The van der Waals surface area contributed by atoms with Gasteiger partial charge in [0.15, 0.2) is 11.6 Å². The molecule has 0 aliphatic carbocycles. The Balaban J connectivity index is 0.781. The summed E-state index contributed by atoms with van der Waals surface area (Å²) < 4.78 is 89.3. The third-order valence-electron chi connectivity index (χ3n) is 10.5. The number of nitrogens with one attached hydrogen (secondary N) is 4. The summed E-state index contributed by atoms with van der Waals surface area (Å²) in [6, 6.07) is 27.7. The van der Waals surface area contributed by atoms with E-state index in [4.69, 9.17) is 4.98 Å². The number of imidazole rings is 2. The molecule has 0 atom stereocenters. The van der Waals surface area contributed by atoms with Gasteiger partial charge in [0, 0.05) is 65.2 Å². The lowest BCUT2D eigenvalue weighted by Gasteiger charge is -2.11. The van der Waals surface area contributed by atoms with Crippen LogP contribution in [0.4, 0.5) is 59.2 Å². The Morgan fingerprint density at radius 2 is 1.00 bits per heavy atom. The Hall–Kier alpha value is -10.4. The minimum atomic E-state index is -4.81. The molecule has 0 unspecified atom stereocenters. The van der Waals surface area contributed by atoms with Crippen LogP contribution in [0.2, 0.25) is 0 Å². The summed E-state index contributed by atoms with van der Waals surface area (Å²) in [7, 11) is 0. The topological polar surface area (TPSA) is 224 Å². The van der Waals surface area contributed by atoms with Crippen molar-refractivity contribution in [1.82, 2.24) is 58.6 Å². The fraction of sp³-hybridized carbons (Fsp3) is 0.0417. The quantitative estimate of drug-likeness (QED) is 0.0792.